The largest absolute Gasteiger partial charge is 0.451 e. The second-order valence-electron chi connectivity index (χ2n) is 13.7. The van der Waals surface area contributed by atoms with E-state index in [2.05, 4.69) is 10.2 Å². The van der Waals surface area contributed by atoms with Gasteiger partial charge in [0.15, 0.2) is 11.7 Å². The number of nitrogens with zero attached hydrogens (tertiary/aromatic N) is 4. The molecule has 0 unspecified atom stereocenters. The first-order valence-corrected chi connectivity index (χ1v) is 16.6. The Morgan fingerprint density at radius 1 is 1.06 bits per heavy atom. The first kappa shape index (κ1) is 35.5. The molecule has 0 bridgehead atoms. The summed E-state index contributed by atoms with van der Waals surface area (Å²) in [4.78, 5) is 72.7. The van der Waals surface area contributed by atoms with Crippen molar-refractivity contribution >= 4 is 23.9 Å². The van der Waals surface area contributed by atoms with Crippen molar-refractivity contribution in [1.29, 1.82) is 0 Å². The second-order valence-corrected chi connectivity index (χ2v) is 13.7. The van der Waals surface area contributed by atoms with E-state index in [0.717, 1.165) is 30.4 Å². The predicted molar refractivity (Wildman–Crippen MR) is 178 cm³/mol. The maximum absolute atomic E-state index is 14.3. The Morgan fingerprint density at radius 3 is 2.51 bits per heavy atom. The number of nitrogens with one attached hydrogen (secondary N) is 1. The molecule has 1 aromatic heterocycles. The zero-order valence-electron chi connectivity index (χ0n) is 28.7. The highest BCUT2D eigenvalue weighted by molar-refractivity contribution is 5.99. The zero-order chi connectivity index (χ0) is 36.6. The SMILES string of the molecule is CN(C(=O)OC(C)(C)C)[C@H](C(=O)OCOc1c2n(cc(C(=O)NCc3ccc(F)cc3F)c1=O)C[C@@H]1N(C[C@H]3CCCN31)C2=O)c1ccccc1. The molecule has 1 N–H and O–H groups in total. The van der Waals surface area contributed by atoms with Crippen LogP contribution in [0.5, 0.6) is 5.75 Å². The topological polar surface area (TPSA) is 140 Å². The van der Waals surface area contributed by atoms with Crippen molar-refractivity contribution in [3.8, 4) is 5.75 Å². The number of hydrogen-bond donors (Lipinski definition) is 1. The van der Waals surface area contributed by atoms with E-state index in [0.29, 0.717) is 18.2 Å². The van der Waals surface area contributed by atoms with E-state index in [1.165, 1.54) is 23.9 Å². The summed E-state index contributed by atoms with van der Waals surface area (Å²) in [5.41, 5.74) is -1.90. The summed E-state index contributed by atoms with van der Waals surface area (Å²) in [7, 11) is 1.38. The Hall–Kier alpha value is -5.31. The van der Waals surface area contributed by atoms with Gasteiger partial charge in [0.1, 0.15) is 29.0 Å². The van der Waals surface area contributed by atoms with Gasteiger partial charge in [-0.2, -0.15) is 0 Å². The average molecular weight is 708 g/mol. The van der Waals surface area contributed by atoms with Gasteiger partial charge < -0.3 is 29.0 Å². The molecule has 3 amide bonds. The number of benzene rings is 2. The number of rotatable bonds is 9. The first-order valence-electron chi connectivity index (χ1n) is 16.6. The minimum absolute atomic E-state index is 0.00707. The summed E-state index contributed by atoms with van der Waals surface area (Å²) in [6, 6.07) is 10.2. The molecule has 0 saturated carbocycles. The highest BCUT2D eigenvalue weighted by atomic mass is 19.1. The van der Waals surface area contributed by atoms with E-state index < -0.39 is 70.7 Å². The fourth-order valence-electron chi connectivity index (χ4n) is 6.76. The Morgan fingerprint density at radius 2 is 1.80 bits per heavy atom. The minimum atomic E-state index is -1.26. The Kier molecular flexibility index (Phi) is 9.84. The van der Waals surface area contributed by atoms with Crippen molar-refractivity contribution in [3.05, 3.63) is 99.0 Å². The lowest BCUT2D eigenvalue weighted by atomic mass is 10.1. The number of pyridine rings is 1. The number of halogens is 2. The van der Waals surface area contributed by atoms with Crippen LogP contribution in [-0.4, -0.2) is 87.9 Å². The third kappa shape index (κ3) is 7.29. The molecule has 0 aliphatic carbocycles. The lowest BCUT2D eigenvalue weighted by Crippen LogP contribution is -2.50. The zero-order valence-corrected chi connectivity index (χ0v) is 28.7. The van der Waals surface area contributed by atoms with Crippen molar-refractivity contribution in [2.45, 2.75) is 70.6 Å². The molecule has 270 valence electrons. The molecule has 3 aliphatic rings. The molecule has 2 aromatic carbocycles. The van der Waals surface area contributed by atoms with Crippen LogP contribution in [0.15, 0.2) is 59.5 Å². The van der Waals surface area contributed by atoms with Gasteiger partial charge in [0, 0.05) is 50.6 Å². The first-order chi connectivity index (χ1) is 24.2. The molecule has 6 rings (SSSR count). The van der Waals surface area contributed by atoms with Gasteiger partial charge in [-0.15, -0.1) is 0 Å². The van der Waals surface area contributed by atoms with E-state index in [-0.39, 0.29) is 36.6 Å². The molecule has 3 atom stereocenters. The number of esters is 1. The lowest BCUT2D eigenvalue weighted by molar-refractivity contribution is -0.156. The molecule has 2 saturated heterocycles. The summed E-state index contributed by atoms with van der Waals surface area (Å²) in [5, 5.41) is 2.48. The fraction of sp³-hybridized carbons (Fsp3) is 0.417. The number of carbonyl (C=O) groups is 4. The monoisotopic (exact) mass is 707 g/mol. The van der Waals surface area contributed by atoms with E-state index in [1.54, 1.807) is 56.0 Å². The highest BCUT2D eigenvalue weighted by Crippen LogP contribution is 2.36. The van der Waals surface area contributed by atoms with Crippen molar-refractivity contribution in [1.82, 2.24) is 24.6 Å². The van der Waals surface area contributed by atoms with Gasteiger partial charge in [0.25, 0.3) is 11.8 Å². The number of ether oxygens (including phenoxy) is 3. The Bertz CT molecular complexity index is 1910. The number of hydrogen-bond acceptors (Lipinski definition) is 9. The molecule has 4 heterocycles. The molecule has 2 fully saturated rings. The molecule has 0 spiro atoms. The van der Waals surface area contributed by atoms with Gasteiger partial charge in [-0.3, -0.25) is 24.2 Å². The standard InChI is InChI=1S/C36H39F2N5O8/c1-36(2,3)51-35(48)40(4)28(21-9-6-5-7-10-21)34(47)50-20-49-31-29-33(46)43-17-24-11-8-14-42(24)27(43)19-41(29)18-25(30(31)44)32(45)39-16-22-12-13-23(37)15-26(22)38/h5-7,9-10,12-13,15,18,24,27-28H,8,11,14,16-17,19-20H2,1-4H3,(H,39,45)/t24-,27+,28+/m1/s1. The molecule has 15 heteroatoms. The number of carbonyl (C=O) groups excluding carboxylic acids is 4. The van der Waals surface area contributed by atoms with Gasteiger partial charge in [0.2, 0.25) is 18.0 Å². The van der Waals surface area contributed by atoms with Crippen LogP contribution in [0.4, 0.5) is 13.6 Å². The number of likely N-dealkylation sites (N-methyl/N-ethyl adjacent to an activating group) is 1. The van der Waals surface area contributed by atoms with Crippen LogP contribution in [0.25, 0.3) is 0 Å². The maximum Gasteiger partial charge on any atom is 0.411 e. The van der Waals surface area contributed by atoms with Crippen LogP contribution in [0.1, 0.15) is 71.6 Å². The van der Waals surface area contributed by atoms with E-state index >= 15 is 0 Å². The van der Waals surface area contributed by atoms with Gasteiger partial charge in [-0.05, 0) is 45.2 Å². The summed E-state index contributed by atoms with van der Waals surface area (Å²) in [5.74, 6) is -4.44. The van der Waals surface area contributed by atoms with Crippen LogP contribution in [0.3, 0.4) is 0 Å². The molecule has 13 nitrogen and oxygen atoms in total. The third-order valence-corrected chi connectivity index (χ3v) is 9.15. The van der Waals surface area contributed by atoms with Crippen molar-refractivity contribution in [2.24, 2.45) is 0 Å². The molecule has 3 aliphatic heterocycles. The fourth-order valence-corrected chi connectivity index (χ4v) is 6.76. The summed E-state index contributed by atoms with van der Waals surface area (Å²) in [6.45, 7) is 5.36. The van der Waals surface area contributed by atoms with Crippen LogP contribution >= 0.6 is 0 Å². The second kappa shape index (κ2) is 14.1. The maximum atomic E-state index is 14.3. The third-order valence-electron chi connectivity index (χ3n) is 9.15. The summed E-state index contributed by atoms with van der Waals surface area (Å²) >= 11 is 0. The molecule has 0 radical (unpaired) electrons. The van der Waals surface area contributed by atoms with Crippen LogP contribution in [-0.2, 0) is 27.4 Å². The lowest BCUT2D eigenvalue weighted by Gasteiger charge is -2.36. The van der Waals surface area contributed by atoms with Gasteiger partial charge in [-0.1, -0.05) is 36.4 Å². The predicted octanol–water partition coefficient (Wildman–Crippen LogP) is 3.80. The smallest absolute Gasteiger partial charge is 0.411 e. The van der Waals surface area contributed by atoms with Gasteiger partial charge in [0.05, 0.1) is 6.54 Å². The summed E-state index contributed by atoms with van der Waals surface area (Å²) < 4.78 is 45.9. The van der Waals surface area contributed by atoms with Crippen LogP contribution in [0, 0.1) is 11.6 Å². The molecular formula is C36H39F2N5O8. The van der Waals surface area contributed by atoms with Crippen LogP contribution < -0.4 is 15.5 Å². The van der Waals surface area contributed by atoms with E-state index in [1.807, 2.05) is 0 Å². The Balaban J connectivity index is 1.28. The number of fused-ring (bicyclic) bond motifs is 4. The summed E-state index contributed by atoms with van der Waals surface area (Å²) in [6.07, 6.45) is 2.09. The van der Waals surface area contributed by atoms with Crippen molar-refractivity contribution in [3.63, 3.8) is 0 Å². The van der Waals surface area contributed by atoms with E-state index in [4.69, 9.17) is 14.2 Å². The van der Waals surface area contributed by atoms with E-state index in [9.17, 15) is 32.8 Å². The highest BCUT2D eigenvalue weighted by Gasteiger charge is 2.48. The van der Waals surface area contributed by atoms with Gasteiger partial charge in [-0.25, -0.2) is 18.4 Å². The van der Waals surface area contributed by atoms with Crippen LogP contribution in [0.2, 0.25) is 0 Å². The van der Waals surface area contributed by atoms with Gasteiger partial charge >= 0.3 is 12.1 Å². The molecular weight excluding hydrogens is 668 g/mol. The quantitative estimate of drug-likeness (QED) is 0.260. The number of aromatic nitrogens is 1. The molecule has 3 aromatic rings. The molecule has 51 heavy (non-hydrogen) atoms. The minimum Gasteiger partial charge on any atom is -0.451 e. The van der Waals surface area contributed by atoms with Crippen molar-refractivity contribution in [2.75, 3.05) is 26.9 Å². The average Bonchev–Trinajstić information content (AvgIpc) is 3.68. The normalized spacial score (nSPS) is 18.7. The van der Waals surface area contributed by atoms with Crippen molar-refractivity contribution < 1.29 is 42.2 Å². The number of amides is 3. The Labute approximate surface area is 292 Å².